The first-order valence-corrected chi connectivity index (χ1v) is 5.18. The minimum atomic E-state index is 0.308. The van der Waals surface area contributed by atoms with E-state index in [1.165, 1.54) is 25.7 Å². The van der Waals surface area contributed by atoms with Gasteiger partial charge in [-0.3, -0.25) is 4.79 Å². The van der Waals surface area contributed by atoms with Gasteiger partial charge < -0.3 is 0 Å². The zero-order valence-electron chi connectivity index (χ0n) is 7.96. The average Bonchev–Trinajstić information content (AvgIpc) is 2.37. The third-order valence-corrected chi connectivity index (χ3v) is 3.28. The Morgan fingerprint density at radius 2 is 1.77 bits per heavy atom. The fourth-order valence-electron chi connectivity index (χ4n) is 2.33. The molecular weight excluding hydrogens is 160 g/mol. The third kappa shape index (κ3) is 1.90. The van der Waals surface area contributed by atoms with Crippen molar-refractivity contribution in [2.75, 3.05) is 0 Å². The Hall–Kier alpha value is -0.850. The summed E-state index contributed by atoms with van der Waals surface area (Å²) in [5.74, 6) is 0.308. The van der Waals surface area contributed by atoms with Crippen molar-refractivity contribution in [2.24, 2.45) is 5.41 Å². The van der Waals surface area contributed by atoms with Gasteiger partial charge in [-0.1, -0.05) is 18.2 Å². The summed E-state index contributed by atoms with van der Waals surface area (Å²) in [5, 5.41) is 0. The number of carbonyl (C=O) groups excluding carboxylic acids is 1. The molecule has 2 aliphatic rings. The van der Waals surface area contributed by atoms with Crippen LogP contribution in [0.25, 0.3) is 0 Å². The smallest absolute Gasteiger partial charge is 0.155 e. The Kier molecular flexibility index (Phi) is 2.34. The topological polar surface area (TPSA) is 17.1 Å². The van der Waals surface area contributed by atoms with Crippen LogP contribution in [-0.2, 0) is 4.79 Å². The molecule has 0 aromatic heterocycles. The third-order valence-electron chi connectivity index (χ3n) is 3.28. The van der Waals surface area contributed by atoms with E-state index in [4.69, 9.17) is 0 Å². The van der Waals surface area contributed by atoms with Crippen molar-refractivity contribution in [3.05, 3.63) is 24.3 Å². The fourth-order valence-corrected chi connectivity index (χ4v) is 2.33. The molecule has 70 valence electrons. The molecule has 0 amide bonds. The molecule has 0 atom stereocenters. The van der Waals surface area contributed by atoms with Gasteiger partial charge in [-0.15, -0.1) is 0 Å². The number of rotatable bonds is 0. The van der Waals surface area contributed by atoms with Gasteiger partial charge in [0.15, 0.2) is 5.78 Å². The van der Waals surface area contributed by atoms with E-state index >= 15 is 0 Å². The predicted octanol–water partition coefficient (Wildman–Crippen LogP) is 3.02. The van der Waals surface area contributed by atoms with Gasteiger partial charge in [0, 0.05) is 6.42 Å². The quantitative estimate of drug-likeness (QED) is 0.518. The van der Waals surface area contributed by atoms with Gasteiger partial charge >= 0.3 is 0 Å². The van der Waals surface area contributed by atoms with Gasteiger partial charge in [-0.2, -0.15) is 0 Å². The number of hydrogen-bond acceptors (Lipinski definition) is 1. The maximum Gasteiger partial charge on any atom is 0.155 e. The molecule has 2 aliphatic carbocycles. The van der Waals surface area contributed by atoms with Crippen LogP contribution < -0.4 is 0 Å². The van der Waals surface area contributed by atoms with Crippen molar-refractivity contribution in [2.45, 2.75) is 38.5 Å². The summed E-state index contributed by atoms with van der Waals surface area (Å²) in [5.41, 5.74) is 0.359. The van der Waals surface area contributed by atoms with E-state index in [1.807, 2.05) is 0 Å². The maximum atomic E-state index is 11.1. The van der Waals surface area contributed by atoms with Crippen LogP contribution in [-0.4, -0.2) is 5.78 Å². The molecule has 0 fully saturated rings. The molecular formula is C12H16O. The molecule has 1 nitrogen and oxygen atoms in total. The monoisotopic (exact) mass is 176 g/mol. The van der Waals surface area contributed by atoms with Crippen LogP contribution in [0.5, 0.6) is 0 Å². The molecule has 2 rings (SSSR count). The van der Waals surface area contributed by atoms with Crippen molar-refractivity contribution < 1.29 is 4.79 Å². The molecule has 0 radical (unpaired) electrons. The van der Waals surface area contributed by atoms with Gasteiger partial charge in [-0.05, 0) is 43.6 Å². The van der Waals surface area contributed by atoms with Crippen LogP contribution in [0.2, 0.25) is 0 Å². The first-order chi connectivity index (χ1) is 6.31. The Balaban J connectivity index is 2.11. The Bertz CT molecular complexity index is 250. The first-order valence-electron chi connectivity index (χ1n) is 5.18. The van der Waals surface area contributed by atoms with Crippen LogP contribution in [0.4, 0.5) is 0 Å². The molecule has 0 aromatic rings. The van der Waals surface area contributed by atoms with E-state index in [0.717, 1.165) is 12.8 Å². The van der Waals surface area contributed by atoms with Gasteiger partial charge in [0.05, 0.1) is 0 Å². The Morgan fingerprint density at radius 3 is 2.31 bits per heavy atom. The lowest BCUT2D eigenvalue weighted by atomic mass is 9.73. The minimum Gasteiger partial charge on any atom is -0.295 e. The number of carbonyl (C=O) groups is 1. The first kappa shape index (κ1) is 8.74. The zero-order valence-corrected chi connectivity index (χ0v) is 7.96. The molecule has 0 saturated carbocycles. The van der Waals surface area contributed by atoms with Crippen LogP contribution in [0.1, 0.15) is 38.5 Å². The summed E-state index contributed by atoms with van der Waals surface area (Å²) in [7, 11) is 0. The summed E-state index contributed by atoms with van der Waals surface area (Å²) < 4.78 is 0. The number of ketones is 1. The summed E-state index contributed by atoms with van der Waals surface area (Å²) in [6.45, 7) is 0. The molecule has 13 heavy (non-hydrogen) atoms. The molecule has 0 aromatic carbocycles. The molecule has 1 heteroatoms. The average molecular weight is 176 g/mol. The SMILES string of the molecule is O=C1C=CC2(CCC=CCC2)CC1. The van der Waals surface area contributed by atoms with E-state index < -0.39 is 0 Å². The van der Waals surface area contributed by atoms with E-state index in [9.17, 15) is 4.79 Å². The molecule has 0 bridgehead atoms. The normalized spacial score (nSPS) is 26.3. The van der Waals surface area contributed by atoms with Crippen molar-refractivity contribution in [3.8, 4) is 0 Å². The summed E-state index contributed by atoms with van der Waals surface area (Å²) in [4.78, 5) is 11.1. The Labute approximate surface area is 79.5 Å². The molecule has 0 N–H and O–H groups in total. The highest BCUT2D eigenvalue weighted by molar-refractivity contribution is 5.90. The van der Waals surface area contributed by atoms with Crippen LogP contribution in [0.15, 0.2) is 24.3 Å². The number of allylic oxidation sites excluding steroid dienone is 4. The van der Waals surface area contributed by atoms with Crippen molar-refractivity contribution >= 4 is 5.78 Å². The van der Waals surface area contributed by atoms with Gasteiger partial charge in [0.1, 0.15) is 0 Å². The number of hydrogen-bond donors (Lipinski definition) is 0. The Morgan fingerprint density at radius 1 is 1.08 bits per heavy atom. The highest BCUT2D eigenvalue weighted by Gasteiger charge is 2.29. The van der Waals surface area contributed by atoms with Crippen molar-refractivity contribution in [1.82, 2.24) is 0 Å². The van der Waals surface area contributed by atoms with Crippen molar-refractivity contribution in [1.29, 1.82) is 0 Å². The lowest BCUT2D eigenvalue weighted by Crippen LogP contribution is -2.22. The highest BCUT2D eigenvalue weighted by atomic mass is 16.1. The summed E-state index contributed by atoms with van der Waals surface area (Å²) in [6.07, 6.45) is 15.2. The minimum absolute atomic E-state index is 0.308. The molecule has 0 saturated heterocycles. The maximum absolute atomic E-state index is 11.1. The summed E-state index contributed by atoms with van der Waals surface area (Å²) >= 11 is 0. The standard InChI is InChI=1S/C12H16O/c13-11-5-9-12(10-6-11)7-3-1-2-4-8-12/h1-2,5,9H,3-4,6-8,10H2. The highest BCUT2D eigenvalue weighted by Crippen LogP contribution is 2.40. The van der Waals surface area contributed by atoms with Crippen molar-refractivity contribution in [3.63, 3.8) is 0 Å². The van der Waals surface area contributed by atoms with Crippen LogP contribution >= 0.6 is 0 Å². The lowest BCUT2D eigenvalue weighted by Gasteiger charge is -2.31. The molecule has 0 unspecified atom stereocenters. The second kappa shape index (κ2) is 3.49. The van der Waals surface area contributed by atoms with Crippen LogP contribution in [0.3, 0.4) is 0 Å². The molecule has 0 aliphatic heterocycles. The second-order valence-corrected chi connectivity index (χ2v) is 4.21. The van der Waals surface area contributed by atoms with E-state index in [-0.39, 0.29) is 0 Å². The predicted molar refractivity (Wildman–Crippen MR) is 53.4 cm³/mol. The van der Waals surface area contributed by atoms with E-state index in [0.29, 0.717) is 11.2 Å². The van der Waals surface area contributed by atoms with Gasteiger partial charge in [-0.25, -0.2) is 0 Å². The summed E-state index contributed by atoms with van der Waals surface area (Å²) in [6, 6.07) is 0. The fraction of sp³-hybridized carbons (Fsp3) is 0.583. The van der Waals surface area contributed by atoms with Gasteiger partial charge in [0.25, 0.3) is 0 Å². The van der Waals surface area contributed by atoms with E-state index in [1.54, 1.807) is 6.08 Å². The largest absolute Gasteiger partial charge is 0.295 e. The molecule has 0 heterocycles. The lowest BCUT2D eigenvalue weighted by molar-refractivity contribution is -0.115. The zero-order chi connectivity index (χ0) is 9.15. The van der Waals surface area contributed by atoms with Gasteiger partial charge in [0.2, 0.25) is 0 Å². The van der Waals surface area contributed by atoms with Crippen LogP contribution in [0, 0.1) is 5.41 Å². The molecule has 1 spiro atoms. The van der Waals surface area contributed by atoms with E-state index in [2.05, 4.69) is 18.2 Å². The second-order valence-electron chi connectivity index (χ2n) is 4.21.